The standard InChI is InChI=1S/C21H21Cl3N2O3/c22-14-4-3-13(11-15(14)23)7-10-29-19-12-16(24)17-5-6-18(26(17)21(19)28)20(27)25-8-1-2-9-25/h3-4,11-12,18H,1-2,5-10H2/t18-/m0/s1. The highest BCUT2D eigenvalue weighted by atomic mass is 35.5. The molecule has 0 aliphatic carbocycles. The van der Waals surface area contributed by atoms with Crippen LogP contribution in [0.2, 0.25) is 15.1 Å². The highest BCUT2D eigenvalue weighted by Crippen LogP contribution is 2.33. The van der Waals surface area contributed by atoms with Crippen LogP contribution in [0.4, 0.5) is 0 Å². The summed E-state index contributed by atoms with van der Waals surface area (Å²) >= 11 is 18.4. The molecule has 1 fully saturated rings. The molecule has 2 aliphatic heterocycles. The quantitative estimate of drug-likeness (QED) is 0.665. The topological polar surface area (TPSA) is 51.5 Å². The highest BCUT2D eigenvalue weighted by Gasteiger charge is 2.35. The van der Waals surface area contributed by atoms with Crippen LogP contribution in [0, 0.1) is 0 Å². The summed E-state index contributed by atoms with van der Waals surface area (Å²) in [6.07, 6.45) is 3.79. The zero-order chi connectivity index (χ0) is 20.5. The lowest BCUT2D eigenvalue weighted by molar-refractivity contribution is -0.133. The van der Waals surface area contributed by atoms with Crippen molar-refractivity contribution >= 4 is 40.7 Å². The summed E-state index contributed by atoms with van der Waals surface area (Å²) in [4.78, 5) is 27.8. The van der Waals surface area contributed by atoms with Gasteiger partial charge in [-0.2, -0.15) is 0 Å². The van der Waals surface area contributed by atoms with Crippen LogP contribution in [0.3, 0.4) is 0 Å². The van der Waals surface area contributed by atoms with Crippen LogP contribution in [0.5, 0.6) is 5.75 Å². The Morgan fingerprint density at radius 3 is 2.55 bits per heavy atom. The molecular weight excluding hydrogens is 435 g/mol. The second-order valence-electron chi connectivity index (χ2n) is 7.41. The number of carbonyl (C=O) groups is 1. The maximum Gasteiger partial charge on any atom is 0.293 e. The number of hydrogen-bond acceptors (Lipinski definition) is 3. The van der Waals surface area contributed by atoms with E-state index in [0.717, 1.165) is 31.5 Å². The number of carbonyl (C=O) groups excluding carboxylic acids is 1. The minimum atomic E-state index is -0.494. The van der Waals surface area contributed by atoms with Crippen molar-refractivity contribution in [3.8, 4) is 5.75 Å². The van der Waals surface area contributed by atoms with Gasteiger partial charge in [-0.15, -0.1) is 0 Å². The zero-order valence-corrected chi connectivity index (χ0v) is 18.1. The Morgan fingerprint density at radius 1 is 1.07 bits per heavy atom. The molecule has 5 nitrogen and oxygen atoms in total. The van der Waals surface area contributed by atoms with Crippen LogP contribution in [-0.4, -0.2) is 35.1 Å². The Hall–Kier alpha value is -1.69. The fourth-order valence-corrected chi connectivity index (χ4v) is 4.65. The summed E-state index contributed by atoms with van der Waals surface area (Å²) in [6.45, 7) is 1.80. The molecule has 1 amide bonds. The Bertz CT molecular complexity index is 999. The molecular formula is C21H21Cl3N2O3. The van der Waals surface area contributed by atoms with E-state index in [1.54, 1.807) is 18.2 Å². The first-order valence-electron chi connectivity index (χ1n) is 9.75. The van der Waals surface area contributed by atoms with Crippen LogP contribution in [0.1, 0.15) is 36.6 Å². The molecule has 0 radical (unpaired) electrons. The summed E-state index contributed by atoms with van der Waals surface area (Å²) in [5.41, 5.74) is 1.37. The maximum atomic E-state index is 13.1. The SMILES string of the molecule is O=C([C@@H]1CCc2c(Cl)cc(OCCc3ccc(Cl)c(Cl)c3)c(=O)n21)N1CCCC1. The first-order chi connectivity index (χ1) is 14.0. The lowest BCUT2D eigenvalue weighted by Gasteiger charge is -2.22. The van der Waals surface area contributed by atoms with Crippen molar-refractivity contribution in [2.75, 3.05) is 19.7 Å². The molecule has 0 bridgehead atoms. The van der Waals surface area contributed by atoms with Gasteiger partial charge in [0.1, 0.15) is 6.04 Å². The fourth-order valence-electron chi connectivity index (χ4n) is 4.05. The van der Waals surface area contributed by atoms with Gasteiger partial charge in [0.25, 0.3) is 5.56 Å². The van der Waals surface area contributed by atoms with Crippen molar-refractivity contribution in [2.24, 2.45) is 0 Å². The second-order valence-corrected chi connectivity index (χ2v) is 8.63. The number of halogens is 3. The first-order valence-corrected chi connectivity index (χ1v) is 10.9. The number of hydrogen-bond donors (Lipinski definition) is 0. The highest BCUT2D eigenvalue weighted by molar-refractivity contribution is 6.42. The summed E-state index contributed by atoms with van der Waals surface area (Å²) in [5, 5.41) is 1.44. The number of aromatic nitrogens is 1. The van der Waals surface area contributed by atoms with Gasteiger partial charge in [-0.05, 0) is 43.4 Å². The van der Waals surface area contributed by atoms with Crippen molar-refractivity contribution in [3.05, 3.63) is 60.9 Å². The van der Waals surface area contributed by atoms with Gasteiger partial charge in [-0.1, -0.05) is 40.9 Å². The molecule has 8 heteroatoms. The third-order valence-electron chi connectivity index (χ3n) is 5.56. The minimum absolute atomic E-state index is 0.00683. The Balaban J connectivity index is 1.52. The molecule has 2 aromatic rings. The normalized spacial score (nSPS) is 18.2. The van der Waals surface area contributed by atoms with E-state index in [2.05, 4.69) is 0 Å². The molecule has 1 saturated heterocycles. The van der Waals surface area contributed by atoms with Gasteiger partial charge in [0.2, 0.25) is 5.91 Å². The van der Waals surface area contributed by atoms with Crippen LogP contribution in [0.25, 0.3) is 0 Å². The third-order valence-corrected chi connectivity index (χ3v) is 6.62. The summed E-state index contributed by atoms with van der Waals surface area (Å²) in [5.74, 6) is 0.173. The molecule has 2 aliphatic rings. The van der Waals surface area contributed by atoms with E-state index in [-0.39, 0.29) is 23.8 Å². The molecule has 154 valence electrons. The number of fused-ring (bicyclic) bond motifs is 1. The van der Waals surface area contributed by atoms with Crippen molar-refractivity contribution in [3.63, 3.8) is 0 Å². The van der Waals surface area contributed by atoms with Gasteiger partial charge in [0.15, 0.2) is 5.75 Å². The average Bonchev–Trinajstić information content (AvgIpc) is 3.38. The first kappa shape index (κ1) is 20.6. The van der Waals surface area contributed by atoms with Gasteiger partial charge in [-0.3, -0.25) is 14.2 Å². The van der Waals surface area contributed by atoms with E-state index < -0.39 is 6.04 Å². The number of benzene rings is 1. The molecule has 0 N–H and O–H groups in total. The monoisotopic (exact) mass is 454 g/mol. The van der Waals surface area contributed by atoms with E-state index in [9.17, 15) is 9.59 Å². The van der Waals surface area contributed by atoms with Crippen molar-refractivity contribution < 1.29 is 9.53 Å². The van der Waals surface area contributed by atoms with Crippen LogP contribution < -0.4 is 10.3 Å². The minimum Gasteiger partial charge on any atom is -0.488 e. The molecule has 1 aromatic heterocycles. The zero-order valence-electron chi connectivity index (χ0n) is 15.8. The van der Waals surface area contributed by atoms with Crippen LogP contribution >= 0.6 is 34.8 Å². The van der Waals surface area contributed by atoms with E-state index in [4.69, 9.17) is 39.5 Å². The molecule has 3 heterocycles. The van der Waals surface area contributed by atoms with Gasteiger partial charge >= 0.3 is 0 Å². The largest absolute Gasteiger partial charge is 0.488 e. The van der Waals surface area contributed by atoms with Gasteiger partial charge in [-0.25, -0.2) is 0 Å². The summed E-state index contributed by atoms with van der Waals surface area (Å²) in [6, 6.07) is 6.44. The molecule has 29 heavy (non-hydrogen) atoms. The van der Waals surface area contributed by atoms with Gasteiger partial charge < -0.3 is 9.64 Å². The molecule has 1 aromatic carbocycles. The number of nitrogens with zero attached hydrogens (tertiary/aromatic N) is 2. The number of amides is 1. The molecule has 0 unspecified atom stereocenters. The van der Waals surface area contributed by atoms with E-state index >= 15 is 0 Å². The Morgan fingerprint density at radius 2 is 1.83 bits per heavy atom. The van der Waals surface area contributed by atoms with E-state index in [1.807, 2.05) is 11.0 Å². The van der Waals surface area contributed by atoms with E-state index in [1.165, 1.54) is 4.57 Å². The number of ether oxygens (including phenoxy) is 1. The number of rotatable bonds is 5. The summed E-state index contributed by atoms with van der Waals surface area (Å²) in [7, 11) is 0. The Labute approximate surface area is 184 Å². The molecule has 0 saturated carbocycles. The molecule has 0 spiro atoms. The maximum absolute atomic E-state index is 13.1. The van der Waals surface area contributed by atoms with Gasteiger partial charge in [0, 0.05) is 31.3 Å². The number of likely N-dealkylation sites (tertiary alicyclic amines) is 1. The third kappa shape index (κ3) is 4.14. The smallest absolute Gasteiger partial charge is 0.293 e. The predicted molar refractivity (Wildman–Crippen MR) is 115 cm³/mol. The lowest BCUT2D eigenvalue weighted by atomic mass is 10.2. The predicted octanol–water partition coefficient (Wildman–Crippen LogP) is 4.54. The van der Waals surface area contributed by atoms with E-state index in [0.29, 0.717) is 40.0 Å². The van der Waals surface area contributed by atoms with Crippen molar-refractivity contribution in [1.82, 2.24) is 9.47 Å². The summed E-state index contributed by atoms with van der Waals surface area (Å²) < 4.78 is 7.29. The lowest BCUT2D eigenvalue weighted by Crippen LogP contribution is -2.37. The molecule has 4 rings (SSSR count). The van der Waals surface area contributed by atoms with Crippen LogP contribution in [-0.2, 0) is 17.6 Å². The fraction of sp³-hybridized carbons (Fsp3) is 0.429. The van der Waals surface area contributed by atoms with Crippen molar-refractivity contribution in [1.29, 1.82) is 0 Å². The van der Waals surface area contributed by atoms with Crippen LogP contribution in [0.15, 0.2) is 29.1 Å². The molecule has 1 atom stereocenters. The second kappa shape index (κ2) is 8.58. The Kier molecular flexibility index (Phi) is 6.09. The number of pyridine rings is 1. The average molecular weight is 456 g/mol. The van der Waals surface area contributed by atoms with Gasteiger partial charge in [0.05, 0.1) is 21.7 Å². The van der Waals surface area contributed by atoms with Crippen molar-refractivity contribution in [2.45, 2.75) is 38.1 Å².